The van der Waals surface area contributed by atoms with Crippen LogP contribution in [0.5, 0.6) is 5.75 Å². The Balaban J connectivity index is 1.60. The molecule has 1 aliphatic rings. The van der Waals surface area contributed by atoms with Crippen molar-refractivity contribution in [3.63, 3.8) is 0 Å². The summed E-state index contributed by atoms with van der Waals surface area (Å²) in [5.41, 5.74) is 6.91. The molecule has 7 heteroatoms. The zero-order valence-corrected chi connectivity index (χ0v) is 16.1. The van der Waals surface area contributed by atoms with Gasteiger partial charge in [0.05, 0.1) is 6.04 Å². The molecule has 2 aromatic heterocycles. The van der Waals surface area contributed by atoms with Gasteiger partial charge in [0.2, 0.25) is 0 Å². The van der Waals surface area contributed by atoms with Crippen molar-refractivity contribution in [1.82, 2.24) is 4.90 Å². The van der Waals surface area contributed by atoms with Crippen LogP contribution >= 0.6 is 22.7 Å². The monoisotopic (exact) mass is 398 g/mol. The quantitative estimate of drug-likeness (QED) is 0.715. The van der Waals surface area contributed by atoms with Crippen molar-refractivity contribution >= 4 is 34.5 Å². The maximum absolute atomic E-state index is 13.2. The first-order valence-electron chi connectivity index (χ1n) is 8.55. The van der Waals surface area contributed by atoms with Crippen molar-refractivity contribution < 1.29 is 14.3 Å². The second-order valence-electron chi connectivity index (χ2n) is 6.24. The highest BCUT2D eigenvalue weighted by atomic mass is 32.1. The molecule has 0 saturated carbocycles. The number of carbonyl (C=O) groups excluding carboxylic acids is 2. The van der Waals surface area contributed by atoms with Gasteiger partial charge in [-0.15, -0.1) is 22.7 Å². The van der Waals surface area contributed by atoms with Crippen LogP contribution in [0.1, 0.15) is 31.7 Å². The van der Waals surface area contributed by atoms with Crippen LogP contribution in [0.2, 0.25) is 0 Å². The molecule has 2 amide bonds. The number of nitrogens with zero attached hydrogens (tertiary/aromatic N) is 1. The minimum Gasteiger partial charge on any atom is -0.484 e. The van der Waals surface area contributed by atoms with Crippen LogP contribution in [-0.4, -0.2) is 29.9 Å². The first-order valence-corrected chi connectivity index (χ1v) is 10.3. The lowest BCUT2D eigenvalue weighted by Gasteiger charge is -2.35. The van der Waals surface area contributed by atoms with Gasteiger partial charge in [0, 0.05) is 21.9 Å². The van der Waals surface area contributed by atoms with E-state index in [0.29, 0.717) is 17.9 Å². The number of thiophene rings is 2. The number of rotatable bonds is 5. The molecule has 0 aliphatic carbocycles. The maximum Gasteiger partial charge on any atom is 0.255 e. The average molecular weight is 399 g/mol. The van der Waals surface area contributed by atoms with Crippen LogP contribution in [0, 0.1) is 0 Å². The molecule has 4 rings (SSSR count). The van der Waals surface area contributed by atoms with Gasteiger partial charge in [0.25, 0.3) is 11.8 Å². The van der Waals surface area contributed by atoms with Gasteiger partial charge in [-0.2, -0.15) is 0 Å². The molecule has 0 spiro atoms. The zero-order valence-electron chi connectivity index (χ0n) is 14.5. The van der Waals surface area contributed by atoms with Gasteiger partial charge in [-0.05, 0) is 59.1 Å². The minimum atomic E-state index is -0.533. The van der Waals surface area contributed by atoms with Gasteiger partial charge < -0.3 is 15.4 Å². The third-order valence-electron chi connectivity index (χ3n) is 4.52. The molecular formula is C20H18N2O3S2. The van der Waals surface area contributed by atoms with Crippen LogP contribution in [0.15, 0.2) is 53.2 Å². The molecule has 0 saturated heterocycles. The largest absolute Gasteiger partial charge is 0.484 e. The van der Waals surface area contributed by atoms with Crippen LogP contribution in [0.4, 0.5) is 0 Å². The summed E-state index contributed by atoms with van der Waals surface area (Å²) in [6.45, 7) is 0.510. The van der Waals surface area contributed by atoms with Crippen LogP contribution in [0.25, 0.3) is 0 Å². The number of carbonyl (C=O) groups is 2. The predicted molar refractivity (Wildman–Crippen MR) is 106 cm³/mol. The second kappa shape index (κ2) is 7.54. The number of hydrogen-bond acceptors (Lipinski definition) is 5. The molecule has 3 aromatic rings. The number of fused-ring (bicyclic) bond motifs is 1. The van der Waals surface area contributed by atoms with E-state index < -0.39 is 5.91 Å². The first kappa shape index (κ1) is 17.8. The zero-order chi connectivity index (χ0) is 18.8. The predicted octanol–water partition coefficient (Wildman–Crippen LogP) is 3.46. The van der Waals surface area contributed by atoms with E-state index in [0.717, 1.165) is 6.42 Å². The third-order valence-corrected chi connectivity index (χ3v) is 6.44. The van der Waals surface area contributed by atoms with E-state index in [-0.39, 0.29) is 18.6 Å². The maximum atomic E-state index is 13.2. The molecule has 0 bridgehead atoms. The number of primary amides is 1. The highest BCUT2D eigenvalue weighted by molar-refractivity contribution is 7.10. The summed E-state index contributed by atoms with van der Waals surface area (Å²) >= 11 is 3.43. The number of hydrogen-bond donors (Lipinski definition) is 1. The molecule has 0 fully saturated rings. The number of amides is 2. The van der Waals surface area contributed by atoms with E-state index in [1.165, 1.54) is 15.3 Å². The van der Waals surface area contributed by atoms with E-state index in [4.69, 9.17) is 10.5 Å². The standard InChI is InChI=1S/C20H18N2O3S2/c21-18(23)12-25-14-5-3-13(4-6-14)20(24)22-9-7-16-15(8-11-27-16)19(22)17-2-1-10-26-17/h1-6,8,10-11,19H,7,9,12H2,(H2,21,23)/t19-/m1/s1. The van der Waals surface area contributed by atoms with Crippen molar-refractivity contribution in [2.45, 2.75) is 12.5 Å². The molecule has 138 valence electrons. The lowest BCUT2D eigenvalue weighted by atomic mass is 9.97. The second-order valence-corrected chi connectivity index (χ2v) is 8.22. The summed E-state index contributed by atoms with van der Waals surface area (Å²) < 4.78 is 5.27. The van der Waals surface area contributed by atoms with Crippen LogP contribution in [0.3, 0.4) is 0 Å². The molecule has 3 heterocycles. The summed E-state index contributed by atoms with van der Waals surface area (Å²) in [5, 5.41) is 4.15. The van der Waals surface area contributed by atoms with Crippen molar-refractivity contribution in [1.29, 1.82) is 0 Å². The minimum absolute atomic E-state index is 0.00768. The average Bonchev–Trinajstić information content (AvgIpc) is 3.37. The van der Waals surface area contributed by atoms with Gasteiger partial charge in [-0.3, -0.25) is 9.59 Å². The highest BCUT2D eigenvalue weighted by Crippen LogP contribution is 2.40. The summed E-state index contributed by atoms with van der Waals surface area (Å²) in [6, 6.07) is 13.0. The SMILES string of the molecule is NC(=O)COc1ccc(C(=O)N2CCc3sccc3[C@@H]2c2cccs2)cc1. The number of ether oxygens (including phenoxy) is 1. The fraction of sp³-hybridized carbons (Fsp3) is 0.200. The third kappa shape index (κ3) is 3.61. The Morgan fingerprint density at radius 1 is 1.11 bits per heavy atom. The van der Waals surface area contributed by atoms with E-state index >= 15 is 0 Å². The first-order chi connectivity index (χ1) is 13.1. The molecule has 0 radical (unpaired) electrons. The van der Waals surface area contributed by atoms with Crippen molar-refractivity contribution in [3.05, 3.63) is 74.1 Å². The van der Waals surface area contributed by atoms with Crippen molar-refractivity contribution in [3.8, 4) is 5.75 Å². The fourth-order valence-electron chi connectivity index (χ4n) is 3.30. The van der Waals surface area contributed by atoms with Gasteiger partial charge in [0.1, 0.15) is 5.75 Å². The highest BCUT2D eigenvalue weighted by Gasteiger charge is 2.33. The lowest BCUT2D eigenvalue weighted by molar-refractivity contribution is -0.119. The topological polar surface area (TPSA) is 72.6 Å². The van der Waals surface area contributed by atoms with Crippen LogP contribution in [-0.2, 0) is 11.2 Å². The smallest absolute Gasteiger partial charge is 0.255 e. The Morgan fingerprint density at radius 2 is 1.93 bits per heavy atom. The summed E-state index contributed by atoms with van der Waals surface area (Å²) in [6.07, 6.45) is 0.875. The van der Waals surface area contributed by atoms with Gasteiger partial charge >= 0.3 is 0 Å². The molecule has 1 aliphatic heterocycles. The molecule has 0 unspecified atom stereocenters. The number of benzene rings is 1. The molecule has 5 nitrogen and oxygen atoms in total. The molecule has 1 aromatic carbocycles. The van der Waals surface area contributed by atoms with Crippen molar-refractivity contribution in [2.24, 2.45) is 5.73 Å². The Kier molecular flexibility index (Phi) is 4.96. The van der Waals surface area contributed by atoms with Gasteiger partial charge in [-0.25, -0.2) is 0 Å². The molecular weight excluding hydrogens is 380 g/mol. The lowest BCUT2D eigenvalue weighted by Crippen LogP contribution is -2.39. The molecule has 1 atom stereocenters. The van der Waals surface area contributed by atoms with E-state index in [1.54, 1.807) is 46.9 Å². The summed E-state index contributed by atoms with van der Waals surface area (Å²) in [7, 11) is 0. The van der Waals surface area contributed by atoms with Crippen molar-refractivity contribution in [2.75, 3.05) is 13.2 Å². The van der Waals surface area contributed by atoms with Crippen LogP contribution < -0.4 is 10.5 Å². The summed E-state index contributed by atoms with van der Waals surface area (Å²) in [5.74, 6) is -0.0283. The molecule has 2 N–H and O–H groups in total. The normalized spacial score (nSPS) is 16.0. The van der Waals surface area contributed by atoms with E-state index in [1.807, 2.05) is 16.3 Å². The van der Waals surface area contributed by atoms with Gasteiger partial charge in [0.15, 0.2) is 6.61 Å². The van der Waals surface area contributed by atoms with E-state index in [2.05, 4.69) is 17.5 Å². The Bertz CT molecular complexity index is 948. The van der Waals surface area contributed by atoms with Gasteiger partial charge in [-0.1, -0.05) is 6.07 Å². The summed E-state index contributed by atoms with van der Waals surface area (Å²) in [4.78, 5) is 28.5. The Hall–Kier alpha value is -2.64. The molecule has 27 heavy (non-hydrogen) atoms. The fourth-order valence-corrected chi connectivity index (χ4v) is 5.06. The Morgan fingerprint density at radius 3 is 2.63 bits per heavy atom. The van der Waals surface area contributed by atoms with E-state index in [9.17, 15) is 9.59 Å². The number of nitrogens with two attached hydrogens (primary N) is 1. The Labute approximate surface area is 165 Å².